The van der Waals surface area contributed by atoms with Crippen LogP contribution in [-0.2, 0) is 11.0 Å². The van der Waals surface area contributed by atoms with E-state index < -0.39 is 23.7 Å². The second-order valence-corrected chi connectivity index (χ2v) is 7.76. The molecular formula is C23H22F3N5O2. The smallest absolute Gasteiger partial charge is 0.416 e. The molecule has 2 N–H and O–H groups in total. The third kappa shape index (κ3) is 5.23. The highest BCUT2D eigenvalue weighted by molar-refractivity contribution is 5.84. The van der Waals surface area contributed by atoms with Gasteiger partial charge in [0.15, 0.2) is 5.82 Å². The van der Waals surface area contributed by atoms with Crippen molar-refractivity contribution in [1.82, 2.24) is 14.9 Å². The van der Waals surface area contributed by atoms with Crippen molar-refractivity contribution in [3.63, 3.8) is 0 Å². The lowest BCUT2D eigenvalue weighted by Crippen LogP contribution is -2.57. The van der Waals surface area contributed by atoms with E-state index in [1.54, 1.807) is 36.5 Å². The Balaban J connectivity index is 1.50. The summed E-state index contributed by atoms with van der Waals surface area (Å²) < 4.78 is 43.7. The Labute approximate surface area is 188 Å². The van der Waals surface area contributed by atoms with Gasteiger partial charge in [0.1, 0.15) is 23.4 Å². The van der Waals surface area contributed by atoms with Gasteiger partial charge in [0, 0.05) is 31.4 Å². The zero-order chi connectivity index (χ0) is 23.6. The molecule has 1 atom stereocenters. The fourth-order valence-electron chi connectivity index (χ4n) is 3.61. The zero-order valence-corrected chi connectivity index (χ0v) is 17.8. The number of piperazine rings is 1. The number of halogens is 3. The number of hydrogen-bond acceptors (Lipinski definition) is 6. The molecule has 33 heavy (non-hydrogen) atoms. The molecular weight excluding hydrogens is 435 g/mol. The van der Waals surface area contributed by atoms with Crippen LogP contribution in [0.4, 0.5) is 19.0 Å². The summed E-state index contributed by atoms with van der Waals surface area (Å²) >= 11 is 0. The number of aromatic nitrogens is 2. The fraction of sp³-hybridized carbons (Fsp3) is 0.261. The molecule has 172 valence electrons. The third-order valence-electron chi connectivity index (χ3n) is 5.38. The van der Waals surface area contributed by atoms with Crippen LogP contribution in [0.1, 0.15) is 5.56 Å². The second kappa shape index (κ2) is 9.07. The molecule has 0 saturated carbocycles. The number of amides is 1. The number of carbonyl (C=O) groups excluding carboxylic acids is 1. The van der Waals surface area contributed by atoms with Crippen LogP contribution in [0.15, 0.2) is 60.8 Å². The molecule has 3 aromatic rings. The van der Waals surface area contributed by atoms with Crippen molar-refractivity contribution in [2.45, 2.75) is 12.2 Å². The van der Waals surface area contributed by atoms with Crippen molar-refractivity contribution in [2.24, 2.45) is 5.73 Å². The molecule has 1 aliphatic heterocycles. The molecule has 0 bridgehead atoms. The van der Waals surface area contributed by atoms with E-state index >= 15 is 0 Å². The lowest BCUT2D eigenvalue weighted by molar-refractivity contribution is -0.137. The molecule has 1 fully saturated rings. The molecule has 1 amide bonds. The average molecular weight is 457 g/mol. The first-order chi connectivity index (χ1) is 15.7. The van der Waals surface area contributed by atoms with Crippen molar-refractivity contribution in [3.05, 3.63) is 66.4 Å². The first-order valence-corrected chi connectivity index (χ1v) is 10.2. The number of nitrogens with zero attached hydrogens (tertiary/aromatic N) is 4. The average Bonchev–Trinajstić information content (AvgIpc) is 2.79. The van der Waals surface area contributed by atoms with Crippen LogP contribution in [0.25, 0.3) is 11.4 Å². The minimum absolute atomic E-state index is 0.293. The Hall–Kier alpha value is -3.66. The predicted octanol–water partition coefficient (Wildman–Crippen LogP) is 3.56. The van der Waals surface area contributed by atoms with Crippen molar-refractivity contribution < 1.29 is 22.7 Å². The highest BCUT2D eigenvalue weighted by Crippen LogP contribution is 2.32. The van der Waals surface area contributed by atoms with Crippen molar-refractivity contribution in [2.75, 3.05) is 31.6 Å². The molecule has 7 nitrogen and oxygen atoms in total. The van der Waals surface area contributed by atoms with E-state index in [0.29, 0.717) is 36.2 Å². The number of rotatable bonds is 5. The molecule has 1 unspecified atom stereocenters. The maximum absolute atomic E-state index is 12.7. The van der Waals surface area contributed by atoms with Gasteiger partial charge in [0.2, 0.25) is 5.91 Å². The maximum Gasteiger partial charge on any atom is 0.416 e. The summed E-state index contributed by atoms with van der Waals surface area (Å²) in [5.74, 6) is 1.42. The summed E-state index contributed by atoms with van der Waals surface area (Å²) in [7, 11) is 1.94. The highest BCUT2D eigenvalue weighted by Gasteiger charge is 2.31. The van der Waals surface area contributed by atoms with E-state index in [1.807, 2.05) is 16.8 Å². The van der Waals surface area contributed by atoms with E-state index in [4.69, 9.17) is 10.5 Å². The van der Waals surface area contributed by atoms with Gasteiger partial charge in [-0.05, 0) is 61.6 Å². The van der Waals surface area contributed by atoms with E-state index in [0.717, 1.165) is 24.2 Å². The van der Waals surface area contributed by atoms with Gasteiger partial charge in [-0.2, -0.15) is 13.2 Å². The number of anilines is 1. The normalized spacial score (nSPS) is 17.1. The number of primary amides is 1. The molecule has 0 spiro atoms. The Morgan fingerprint density at radius 1 is 1.03 bits per heavy atom. The van der Waals surface area contributed by atoms with Crippen LogP contribution >= 0.6 is 0 Å². The second-order valence-electron chi connectivity index (χ2n) is 7.76. The van der Waals surface area contributed by atoms with Crippen LogP contribution in [0.2, 0.25) is 0 Å². The number of benzene rings is 2. The van der Waals surface area contributed by atoms with Crippen LogP contribution in [0.5, 0.6) is 11.5 Å². The van der Waals surface area contributed by atoms with Gasteiger partial charge in [-0.25, -0.2) is 9.97 Å². The lowest BCUT2D eigenvalue weighted by Gasteiger charge is -2.39. The van der Waals surface area contributed by atoms with Crippen molar-refractivity contribution >= 4 is 11.7 Å². The van der Waals surface area contributed by atoms with E-state index in [1.165, 1.54) is 12.1 Å². The third-order valence-corrected chi connectivity index (χ3v) is 5.38. The van der Waals surface area contributed by atoms with Gasteiger partial charge in [-0.1, -0.05) is 0 Å². The summed E-state index contributed by atoms with van der Waals surface area (Å²) in [6.07, 6.45) is -2.77. The number of ether oxygens (including phenoxy) is 1. The van der Waals surface area contributed by atoms with Crippen LogP contribution < -0.4 is 15.4 Å². The summed E-state index contributed by atoms with van der Waals surface area (Å²) in [6.45, 7) is 1.91. The lowest BCUT2D eigenvalue weighted by atomic mass is 10.1. The molecule has 0 radical (unpaired) electrons. The van der Waals surface area contributed by atoms with Crippen LogP contribution in [0.3, 0.4) is 0 Å². The van der Waals surface area contributed by atoms with Gasteiger partial charge >= 0.3 is 6.18 Å². The van der Waals surface area contributed by atoms with Crippen LogP contribution in [0, 0.1) is 0 Å². The first kappa shape index (κ1) is 22.5. The van der Waals surface area contributed by atoms with E-state index in [-0.39, 0.29) is 0 Å². The maximum atomic E-state index is 12.7. The summed E-state index contributed by atoms with van der Waals surface area (Å²) in [6, 6.07) is 12.6. The molecule has 4 rings (SSSR count). The largest absolute Gasteiger partial charge is 0.457 e. The first-order valence-electron chi connectivity index (χ1n) is 10.2. The van der Waals surface area contributed by atoms with Crippen LogP contribution in [-0.4, -0.2) is 53.5 Å². The Bertz CT molecular complexity index is 1120. The zero-order valence-electron chi connectivity index (χ0n) is 17.8. The van der Waals surface area contributed by atoms with E-state index in [2.05, 4.69) is 9.97 Å². The van der Waals surface area contributed by atoms with Crippen molar-refractivity contribution in [1.29, 1.82) is 0 Å². The Morgan fingerprint density at radius 2 is 1.67 bits per heavy atom. The van der Waals surface area contributed by atoms with Gasteiger partial charge in [-0.3, -0.25) is 4.79 Å². The van der Waals surface area contributed by atoms with Gasteiger partial charge in [-0.15, -0.1) is 0 Å². The number of likely N-dealkylation sites (N-methyl/N-ethyl adjacent to an activating group) is 1. The Morgan fingerprint density at radius 3 is 2.27 bits per heavy atom. The van der Waals surface area contributed by atoms with Gasteiger partial charge < -0.3 is 20.3 Å². The SMILES string of the molecule is CN1CCN(c2ccnc(-c3ccc(Oc4ccc(C(F)(F)F)cc4)cc3)n2)C(C(N)=O)C1. The predicted molar refractivity (Wildman–Crippen MR) is 117 cm³/mol. The van der Waals surface area contributed by atoms with Crippen molar-refractivity contribution in [3.8, 4) is 22.9 Å². The summed E-state index contributed by atoms with van der Waals surface area (Å²) in [5.41, 5.74) is 5.58. The highest BCUT2D eigenvalue weighted by atomic mass is 19.4. The molecule has 0 aliphatic carbocycles. The molecule has 2 heterocycles. The Kier molecular flexibility index (Phi) is 6.19. The molecule has 1 aromatic heterocycles. The molecule has 2 aromatic carbocycles. The summed E-state index contributed by atoms with van der Waals surface area (Å²) in [4.78, 5) is 24.8. The molecule has 1 saturated heterocycles. The number of carbonyl (C=O) groups is 1. The van der Waals surface area contributed by atoms with Gasteiger partial charge in [0.25, 0.3) is 0 Å². The molecule has 10 heteroatoms. The minimum atomic E-state index is -4.39. The number of alkyl halides is 3. The van der Waals surface area contributed by atoms with Gasteiger partial charge in [0.05, 0.1) is 5.56 Å². The number of nitrogens with two attached hydrogens (primary N) is 1. The topological polar surface area (TPSA) is 84.6 Å². The fourth-order valence-corrected chi connectivity index (χ4v) is 3.61. The van der Waals surface area contributed by atoms with E-state index in [9.17, 15) is 18.0 Å². The minimum Gasteiger partial charge on any atom is -0.457 e. The quantitative estimate of drug-likeness (QED) is 0.631. The number of hydrogen-bond donors (Lipinski definition) is 1. The monoisotopic (exact) mass is 457 g/mol. The standard InChI is InChI=1S/C23H22F3N5O2/c1-30-12-13-31(19(14-30)21(27)32)20-10-11-28-22(29-20)15-2-6-17(7-3-15)33-18-8-4-16(5-9-18)23(24,25)26/h2-11,19H,12-14H2,1H3,(H2,27,32). The summed E-state index contributed by atoms with van der Waals surface area (Å²) in [5, 5.41) is 0. The molecule has 1 aliphatic rings.